The minimum Gasteiger partial charge on any atom is -0.383 e. The van der Waals surface area contributed by atoms with Crippen LogP contribution in [0, 0.1) is 5.41 Å². The number of thiazole rings is 1. The van der Waals surface area contributed by atoms with Gasteiger partial charge in [0.25, 0.3) is 0 Å². The number of nitrogen functional groups attached to an aromatic ring is 1. The standard InChI is InChI=1S/C16H21N3S/c1-5-12-13(14(17)18)20-15(19-12)10-6-8-11(9-7-10)16(2,3)4/h6-9H,5H2,1-4H3,(H3,17,18). The number of nitrogens with two attached hydrogens (primary N) is 1. The summed E-state index contributed by atoms with van der Waals surface area (Å²) < 4.78 is 0. The van der Waals surface area contributed by atoms with Gasteiger partial charge in [-0.15, -0.1) is 11.3 Å². The molecule has 0 aliphatic carbocycles. The molecule has 3 nitrogen and oxygen atoms in total. The molecule has 2 aromatic rings. The Morgan fingerprint density at radius 2 is 1.85 bits per heavy atom. The highest BCUT2D eigenvalue weighted by Gasteiger charge is 2.16. The predicted octanol–water partition coefficient (Wildman–Crippen LogP) is 3.95. The molecule has 0 aliphatic rings. The molecule has 1 aromatic heterocycles. The minimum atomic E-state index is 0.108. The highest BCUT2D eigenvalue weighted by atomic mass is 32.1. The highest BCUT2D eigenvalue weighted by Crippen LogP contribution is 2.30. The summed E-state index contributed by atoms with van der Waals surface area (Å²) in [4.78, 5) is 5.40. The molecule has 106 valence electrons. The van der Waals surface area contributed by atoms with E-state index in [0.29, 0.717) is 0 Å². The Labute approximate surface area is 124 Å². The van der Waals surface area contributed by atoms with Gasteiger partial charge < -0.3 is 5.73 Å². The lowest BCUT2D eigenvalue weighted by Crippen LogP contribution is -2.11. The molecule has 4 heteroatoms. The third-order valence-electron chi connectivity index (χ3n) is 3.27. The minimum absolute atomic E-state index is 0.108. The molecule has 0 spiro atoms. The van der Waals surface area contributed by atoms with Crippen LogP contribution in [0.2, 0.25) is 0 Å². The van der Waals surface area contributed by atoms with Crippen molar-refractivity contribution in [3.63, 3.8) is 0 Å². The smallest absolute Gasteiger partial charge is 0.135 e. The van der Waals surface area contributed by atoms with Crippen LogP contribution in [0.3, 0.4) is 0 Å². The van der Waals surface area contributed by atoms with Crippen molar-refractivity contribution in [2.24, 2.45) is 5.73 Å². The van der Waals surface area contributed by atoms with Crippen LogP contribution in [0.15, 0.2) is 24.3 Å². The summed E-state index contributed by atoms with van der Waals surface area (Å²) in [6, 6.07) is 8.50. The molecule has 0 fully saturated rings. The van der Waals surface area contributed by atoms with Crippen LogP contribution in [0.4, 0.5) is 0 Å². The Morgan fingerprint density at radius 1 is 1.25 bits per heavy atom. The molecule has 0 bridgehead atoms. The van der Waals surface area contributed by atoms with E-state index >= 15 is 0 Å². The van der Waals surface area contributed by atoms with Gasteiger partial charge >= 0.3 is 0 Å². The Hall–Kier alpha value is -1.68. The van der Waals surface area contributed by atoms with Crippen LogP contribution in [-0.4, -0.2) is 10.8 Å². The van der Waals surface area contributed by atoms with E-state index in [4.69, 9.17) is 11.1 Å². The van der Waals surface area contributed by atoms with E-state index in [1.54, 1.807) is 0 Å². The van der Waals surface area contributed by atoms with E-state index in [1.165, 1.54) is 16.9 Å². The number of hydrogen-bond donors (Lipinski definition) is 2. The van der Waals surface area contributed by atoms with E-state index in [2.05, 4.69) is 50.0 Å². The van der Waals surface area contributed by atoms with E-state index in [1.807, 2.05) is 6.92 Å². The van der Waals surface area contributed by atoms with Gasteiger partial charge in [0.2, 0.25) is 0 Å². The maximum atomic E-state index is 7.62. The van der Waals surface area contributed by atoms with Gasteiger partial charge in [-0.1, -0.05) is 52.0 Å². The average Bonchev–Trinajstić information content (AvgIpc) is 2.82. The summed E-state index contributed by atoms with van der Waals surface area (Å²) in [5.74, 6) is 0.108. The lowest BCUT2D eigenvalue weighted by molar-refractivity contribution is 0.590. The summed E-state index contributed by atoms with van der Waals surface area (Å²) in [5, 5.41) is 8.56. The van der Waals surface area contributed by atoms with Gasteiger partial charge in [-0.3, -0.25) is 5.41 Å². The molecule has 0 unspecified atom stereocenters. The number of benzene rings is 1. The largest absolute Gasteiger partial charge is 0.383 e. The molecule has 0 radical (unpaired) electrons. The summed E-state index contributed by atoms with van der Waals surface area (Å²) in [6.45, 7) is 8.64. The molecule has 0 atom stereocenters. The lowest BCUT2D eigenvalue weighted by Gasteiger charge is -2.18. The normalized spacial score (nSPS) is 11.6. The topological polar surface area (TPSA) is 62.8 Å². The molecular formula is C16H21N3S. The zero-order valence-corrected chi connectivity index (χ0v) is 13.3. The second-order valence-electron chi connectivity index (χ2n) is 5.89. The van der Waals surface area contributed by atoms with Gasteiger partial charge in [-0.2, -0.15) is 0 Å². The van der Waals surface area contributed by atoms with Crippen LogP contribution in [0.25, 0.3) is 10.6 Å². The quantitative estimate of drug-likeness (QED) is 0.663. The van der Waals surface area contributed by atoms with Crippen LogP contribution in [0.1, 0.15) is 43.8 Å². The van der Waals surface area contributed by atoms with Crippen molar-refractivity contribution in [1.82, 2.24) is 4.98 Å². The summed E-state index contributed by atoms with van der Waals surface area (Å²) >= 11 is 1.50. The van der Waals surface area contributed by atoms with E-state index in [0.717, 1.165) is 27.6 Å². The number of rotatable bonds is 3. The Bertz CT molecular complexity index is 618. The molecule has 1 heterocycles. The molecule has 2 rings (SSSR count). The third-order valence-corrected chi connectivity index (χ3v) is 4.45. The van der Waals surface area contributed by atoms with E-state index in [-0.39, 0.29) is 11.3 Å². The first kappa shape index (κ1) is 14.7. The molecule has 0 saturated heterocycles. The van der Waals surface area contributed by atoms with Crippen molar-refractivity contribution in [1.29, 1.82) is 5.41 Å². The monoisotopic (exact) mass is 287 g/mol. The Kier molecular flexibility index (Phi) is 3.95. The number of nitrogens with zero attached hydrogens (tertiary/aromatic N) is 1. The lowest BCUT2D eigenvalue weighted by atomic mass is 9.87. The Balaban J connectivity index is 2.39. The number of amidine groups is 1. The fourth-order valence-corrected chi connectivity index (χ4v) is 3.06. The molecule has 0 amide bonds. The zero-order chi connectivity index (χ0) is 14.9. The second-order valence-corrected chi connectivity index (χ2v) is 6.89. The van der Waals surface area contributed by atoms with Crippen molar-refractivity contribution in [3.8, 4) is 10.6 Å². The van der Waals surface area contributed by atoms with Crippen LogP contribution in [0.5, 0.6) is 0 Å². The molecule has 20 heavy (non-hydrogen) atoms. The summed E-state index contributed by atoms with van der Waals surface area (Å²) in [6.07, 6.45) is 0.797. The van der Waals surface area contributed by atoms with Crippen molar-refractivity contribution >= 4 is 17.2 Å². The number of nitrogens with one attached hydrogen (secondary N) is 1. The maximum absolute atomic E-state index is 7.62. The predicted molar refractivity (Wildman–Crippen MR) is 86.6 cm³/mol. The van der Waals surface area contributed by atoms with Gasteiger partial charge in [0, 0.05) is 5.56 Å². The van der Waals surface area contributed by atoms with Crippen LogP contribution < -0.4 is 5.73 Å². The first-order valence-corrected chi connectivity index (χ1v) is 7.59. The van der Waals surface area contributed by atoms with Gasteiger partial charge in [0.1, 0.15) is 10.8 Å². The second kappa shape index (κ2) is 5.37. The maximum Gasteiger partial charge on any atom is 0.135 e. The first-order valence-electron chi connectivity index (χ1n) is 6.78. The number of hydrogen-bond acceptors (Lipinski definition) is 3. The third kappa shape index (κ3) is 2.90. The van der Waals surface area contributed by atoms with Crippen molar-refractivity contribution in [2.45, 2.75) is 39.5 Å². The van der Waals surface area contributed by atoms with Gasteiger partial charge in [-0.05, 0) is 17.4 Å². The van der Waals surface area contributed by atoms with Gasteiger partial charge in [0.15, 0.2) is 0 Å². The van der Waals surface area contributed by atoms with Crippen molar-refractivity contribution in [2.75, 3.05) is 0 Å². The van der Waals surface area contributed by atoms with E-state index in [9.17, 15) is 0 Å². The fraction of sp³-hybridized carbons (Fsp3) is 0.375. The van der Waals surface area contributed by atoms with Crippen LogP contribution >= 0.6 is 11.3 Å². The van der Waals surface area contributed by atoms with Crippen LogP contribution in [-0.2, 0) is 11.8 Å². The molecular weight excluding hydrogens is 266 g/mol. The van der Waals surface area contributed by atoms with Crippen molar-refractivity contribution < 1.29 is 0 Å². The van der Waals surface area contributed by atoms with Gasteiger partial charge in [0.05, 0.1) is 10.6 Å². The Morgan fingerprint density at radius 3 is 2.25 bits per heavy atom. The SMILES string of the molecule is CCc1nc(-c2ccc(C(C)(C)C)cc2)sc1C(=N)N. The first-order chi connectivity index (χ1) is 9.32. The molecule has 3 N–H and O–H groups in total. The molecule has 0 aliphatic heterocycles. The summed E-state index contributed by atoms with van der Waals surface area (Å²) in [5.41, 5.74) is 9.08. The fourth-order valence-electron chi connectivity index (χ4n) is 2.04. The number of aromatic nitrogens is 1. The molecule has 1 aromatic carbocycles. The van der Waals surface area contributed by atoms with E-state index < -0.39 is 0 Å². The highest BCUT2D eigenvalue weighted by molar-refractivity contribution is 7.17. The number of aryl methyl sites for hydroxylation is 1. The molecule has 0 saturated carbocycles. The average molecular weight is 287 g/mol. The summed E-state index contributed by atoms with van der Waals surface area (Å²) in [7, 11) is 0. The van der Waals surface area contributed by atoms with Crippen molar-refractivity contribution in [3.05, 3.63) is 40.4 Å². The van der Waals surface area contributed by atoms with Gasteiger partial charge in [-0.25, -0.2) is 4.98 Å². The zero-order valence-electron chi connectivity index (χ0n) is 12.4.